The van der Waals surface area contributed by atoms with Gasteiger partial charge in [0.15, 0.2) is 0 Å². The van der Waals surface area contributed by atoms with E-state index in [0.29, 0.717) is 0 Å². The Labute approximate surface area is 155 Å². The van der Waals surface area contributed by atoms with Crippen LogP contribution < -0.4 is 5.32 Å². The Kier molecular flexibility index (Phi) is 5.29. The van der Waals surface area contributed by atoms with E-state index in [1.807, 2.05) is 60.7 Å². The molecule has 0 spiro atoms. The molecule has 26 heavy (non-hydrogen) atoms. The van der Waals surface area contributed by atoms with E-state index in [4.69, 9.17) is 11.6 Å². The first-order valence-electron chi connectivity index (χ1n) is 7.91. The minimum absolute atomic E-state index is 0.0312. The first kappa shape index (κ1) is 17.6. The molecule has 1 amide bonds. The van der Waals surface area contributed by atoms with Crippen LogP contribution >= 0.6 is 11.6 Å². The van der Waals surface area contributed by atoms with E-state index < -0.39 is 16.9 Å². The Balaban J connectivity index is 1.98. The van der Waals surface area contributed by atoms with Gasteiger partial charge in [-0.15, -0.1) is 0 Å². The lowest BCUT2D eigenvalue weighted by atomic mass is 9.98. The zero-order valence-corrected chi connectivity index (χ0v) is 14.4. The number of nitro benzene ring substituents is 1. The number of rotatable bonds is 5. The van der Waals surface area contributed by atoms with Gasteiger partial charge < -0.3 is 5.32 Å². The molecule has 3 rings (SSSR count). The average Bonchev–Trinajstić information content (AvgIpc) is 2.67. The van der Waals surface area contributed by atoms with Crippen molar-refractivity contribution in [2.24, 2.45) is 0 Å². The lowest BCUT2D eigenvalue weighted by Gasteiger charge is -2.20. The maximum absolute atomic E-state index is 12.8. The summed E-state index contributed by atoms with van der Waals surface area (Å²) in [6.07, 6.45) is 0. The molecule has 0 fully saturated rings. The largest absolute Gasteiger partial charge is 0.341 e. The minimum Gasteiger partial charge on any atom is -0.341 e. The van der Waals surface area contributed by atoms with Crippen molar-refractivity contribution in [3.63, 3.8) is 0 Å². The lowest BCUT2D eigenvalue weighted by molar-refractivity contribution is -0.385. The van der Waals surface area contributed by atoms with Crippen LogP contribution in [0.25, 0.3) is 0 Å². The van der Waals surface area contributed by atoms with Gasteiger partial charge in [0.1, 0.15) is 5.56 Å². The van der Waals surface area contributed by atoms with Gasteiger partial charge in [0.05, 0.1) is 11.0 Å². The molecule has 0 aliphatic heterocycles. The third kappa shape index (κ3) is 3.90. The molecule has 0 aliphatic rings. The third-order valence-corrected chi connectivity index (χ3v) is 4.18. The maximum atomic E-state index is 12.8. The Morgan fingerprint density at radius 3 is 1.96 bits per heavy atom. The maximum Gasteiger partial charge on any atom is 0.283 e. The molecule has 5 nitrogen and oxygen atoms in total. The van der Waals surface area contributed by atoms with Gasteiger partial charge in [-0.25, -0.2) is 0 Å². The molecule has 0 aliphatic carbocycles. The van der Waals surface area contributed by atoms with Crippen molar-refractivity contribution >= 4 is 23.2 Å². The number of hydrogen-bond acceptors (Lipinski definition) is 3. The summed E-state index contributed by atoms with van der Waals surface area (Å²) in [6, 6.07) is 22.4. The summed E-state index contributed by atoms with van der Waals surface area (Å²) in [5.41, 5.74) is 1.40. The van der Waals surface area contributed by atoms with Crippen LogP contribution in [0.5, 0.6) is 0 Å². The van der Waals surface area contributed by atoms with Crippen molar-refractivity contribution in [3.05, 3.63) is 111 Å². The molecule has 6 heteroatoms. The van der Waals surface area contributed by atoms with Crippen LogP contribution in [0.2, 0.25) is 5.02 Å². The van der Waals surface area contributed by atoms with E-state index in [0.717, 1.165) is 11.1 Å². The van der Waals surface area contributed by atoms with Crippen molar-refractivity contribution in [1.29, 1.82) is 0 Å². The van der Waals surface area contributed by atoms with Gasteiger partial charge >= 0.3 is 0 Å². The van der Waals surface area contributed by atoms with Crippen LogP contribution in [-0.2, 0) is 0 Å². The van der Waals surface area contributed by atoms with E-state index in [1.165, 1.54) is 18.2 Å². The minimum atomic E-state index is -0.610. The fraction of sp³-hybridized carbons (Fsp3) is 0.0500. The van der Waals surface area contributed by atoms with E-state index in [2.05, 4.69) is 5.32 Å². The second-order valence-corrected chi connectivity index (χ2v) is 6.08. The highest BCUT2D eigenvalue weighted by atomic mass is 35.5. The summed E-state index contributed by atoms with van der Waals surface area (Å²) < 4.78 is 0. The van der Waals surface area contributed by atoms with Gasteiger partial charge in [-0.2, -0.15) is 0 Å². The summed E-state index contributed by atoms with van der Waals surface area (Å²) in [5.74, 6) is -0.536. The molecule has 1 N–H and O–H groups in total. The van der Waals surface area contributed by atoms with Crippen LogP contribution in [0.15, 0.2) is 78.9 Å². The molecule has 0 atom stereocenters. The number of halogens is 1. The van der Waals surface area contributed by atoms with Crippen molar-refractivity contribution in [2.75, 3.05) is 0 Å². The van der Waals surface area contributed by atoms with Crippen molar-refractivity contribution in [3.8, 4) is 0 Å². The molecule has 130 valence electrons. The SMILES string of the molecule is O=C(NC(c1ccccc1)c1ccccc1)c1ccc(Cl)cc1[N+](=O)[O-]. The number of nitrogens with zero attached hydrogens (tertiary/aromatic N) is 1. The zero-order valence-electron chi connectivity index (χ0n) is 13.6. The van der Waals surface area contributed by atoms with Crippen LogP contribution in [0.3, 0.4) is 0 Å². The van der Waals surface area contributed by atoms with Gasteiger partial charge in [0.2, 0.25) is 0 Å². The van der Waals surface area contributed by atoms with Gasteiger partial charge in [-0.1, -0.05) is 72.3 Å². The molecule has 0 radical (unpaired) electrons. The highest BCUT2D eigenvalue weighted by molar-refractivity contribution is 6.31. The Bertz CT molecular complexity index is 891. The van der Waals surface area contributed by atoms with E-state index in [-0.39, 0.29) is 16.3 Å². The van der Waals surface area contributed by atoms with Crippen molar-refractivity contribution in [2.45, 2.75) is 6.04 Å². The number of carbonyl (C=O) groups is 1. The molecule has 0 aromatic heterocycles. The fourth-order valence-corrected chi connectivity index (χ4v) is 2.87. The number of amides is 1. The summed E-state index contributed by atoms with van der Waals surface area (Å²) in [5, 5.41) is 14.4. The zero-order chi connectivity index (χ0) is 18.5. The molecular weight excluding hydrogens is 352 g/mol. The topological polar surface area (TPSA) is 72.2 Å². The summed E-state index contributed by atoms with van der Waals surface area (Å²) in [7, 11) is 0. The lowest BCUT2D eigenvalue weighted by Crippen LogP contribution is -2.29. The molecule has 0 heterocycles. The van der Waals surface area contributed by atoms with Crippen LogP contribution in [-0.4, -0.2) is 10.8 Å². The van der Waals surface area contributed by atoms with Crippen molar-refractivity contribution < 1.29 is 9.72 Å². The standard InChI is InChI=1S/C20H15ClN2O3/c21-16-11-12-17(18(13-16)23(25)26)20(24)22-19(14-7-3-1-4-8-14)15-9-5-2-6-10-15/h1-13,19H,(H,22,24). The second kappa shape index (κ2) is 7.80. The molecule has 0 saturated carbocycles. The Hall–Kier alpha value is -3.18. The van der Waals surface area contributed by atoms with E-state index >= 15 is 0 Å². The number of carbonyl (C=O) groups excluding carboxylic acids is 1. The molecule has 3 aromatic rings. The molecule has 3 aromatic carbocycles. The summed E-state index contributed by atoms with van der Waals surface area (Å²) in [6.45, 7) is 0. The Morgan fingerprint density at radius 1 is 0.923 bits per heavy atom. The van der Waals surface area contributed by atoms with Crippen LogP contribution in [0, 0.1) is 10.1 Å². The monoisotopic (exact) mass is 366 g/mol. The molecule has 0 bridgehead atoms. The molecular formula is C20H15ClN2O3. The van der Waals surface area contributed by atoms with Crippen LogP contribution in [0.1, 0.15) is 27.5 Å². The second-order valence-electron chi connectivity index (χ2n) is 5.65. The van der Waals surface area contributed by atoms with Crippen LogP contribution in [0.4, 0.5) is 5.69 Å². The third-order valence-electron chi connectivity index (χ3n) is 3.94. The summed E-state index contributed by atoms with van der Waals surface area (Å²) >= 11 is 5.83. The first-order chi connectivity index (χ1) is 12.6. The highest BCUT2D eigenvalue weighted by Crippen LogP contribution is 2.26. The normalized spacial score (nSPS) is 10.5. The van der Waals surface area contributed by atoms with E-state index in [9.17, 15) is 14.9 Å². The molecule has 0 unspecified atom stereocenters. The predicted molar refractivity (Wildman–Crippen MR) is 100 cm³/mol. The Morgan fingerprint density at radius 2 is 1.46 bits per heavy atom. The molecule has 0 saturated heterocycles. The van der Waals surface area contributed by atoms with Gasteiger partial charge in [0, 0.05) is 11.1 Å². The number of benzene rings is 3. The summed E-state index contributed by atoms with van der Waals surface area (Å²) in [4.78, 5) is 23.4. The quantitative estimate of drug-likeness (QED) is 0.522. The number of hydrogen-bond donors (Lipinski definition) is 1. The first-order valence-corrected chi connectivity index (χ1v) is 8.29. The van der Waals surface area contributed by atoms with Crippen molar-refractivity contribution in [1.82, 2.24) is 5.32 Å². The number of nitrogens with one attached hydrogen (secondary N) is 1. The van der Waals surface area contributed by atoms with Gasteiger partial charge in [-0.3, -0.25) is 14.9 Å². The fourth-order valence-electron chi connectivity index (χ4n) is 2.71. The average molecular weight is 367 g/mol. The highest BCUT2D eigenvalue weighted by Gasteiger charge is 2.24. The van der Waals surface area contributed by atoms with E-state index in [1.54, 1.807) is 0 Å². The number of nitro groups is 1. The predicted octanol–water partition coefficient (Wildman–Crippen LogP) is 4.77. The van der Waals surface area contributed by atoms with Gasteiger partial charge in [-0.05, 0) is 23.3 Å². The van der Waals surface area contributed by atoms with Gasteiger partial charge in [0.25, 0.3) is 11.6 Å². The smallest absolute Gasteiger partial charge is 0.283 e.